The predicted molar refractivity (Wildman–Crippen MR) is 90.1 cm³/mol. The molecule has 0 aliphatic heterocycles. The van der Waals surface area contributed by atoms with Crippen LogP contribution in [0.1, 0.15) is 57.9 Å². The number of benzene rings is 1. The molecule has 2 rings (SSSR count). The molecule has 1 fully saturated rings. The minimum atomic E-state index is 0.317. The van der Waals surface area contributed by atoms with Crippen LogP contribution in [0, 0.1) is 5.92 Å². The fourth-order valence-corrected chi connectivity index (χ4v) is 3.52. The van der Waals surface area contributed by atoms with Crippen molar-refractivity contribution in [2.45, 2.75) is 57.8 Å². The minimum Gasteiger partial charge on any atom is -0.497 e. The smallest absolute Gasteiger partial charge is 0.118 e. The standard InChI is InChI=1S/C19H31NO/c1-16(2)14-20-15-19(12-6-4-5-7-13-19)17-8-10-18(21-3)11-9-17/h8-11,16,20H,4-7,12-15H2,1-3H3. The summed E-state index contributed by atoms with van der Waals surface area (Å²) in [6.07, 6.45) is 8.11. The summed E-state index contributed by atoms with van der Waals surface area (Å²) >= 11 is 0. The molecule has 0 amide bonds. The molecule has 0 heterocycles. The van der Waals surface area contributed by atoms with Crippen molar-refractivity contribution in [1.82, 2.24) is 5.32 Å². The Morgan fingerprint density at radius 1 is 1.05 bits per heavy atom. The van der Waals surface area contributed by atoms with E-state index in [1.165, 1.54) is 44.1 Å². The van der Waals surface area contributed by atoms with Gasteiger partial charge in [0, 0.05) is 12.0 Å². The fourth-order valence-electron chi connectivity index (χ4n) is 3.52. The Kier molecular flexibility index (Phi) is 6.10. The molecule has 0 radical (unpaired) electrons. The van der Waals surface area contributed by atoms with Gasteiger partial charge in [0.2, 0.25) is 0 Å². The monoisotopic (exact) mass is 289 g/mol. The van der Waals surface area contributed by atoms with Gasteiger partial charge >= 0.3 is 0 Å². The number of methoxy groups -OCH3 is 1. The highest BCUT2D eigenvalue weighted by molar-refractivity contribution is 5.33. The summed E-state index contributed by atoms with van der Waals surface area (Å²) in [5.41, 5.74) is 1.80. The minimum absolute atomic E-state index is 0.317. The third kappa shape index (κ3) is 4.47. The summed E-state index contributed by atoms with van der Waals surface area (Å²) in [6, 6.07) is 8.79. The van der Waals surface area contributed by atoms with Crippen molar-refractivity contribution in [1.29, 1.82) is 0 Å². The average molecular weight is 289 g/mol. The summed E-state index contributed by atoms with van der Waals surface area (Å²) < 4.78 is 5.31. The van der Waals surface area contributed by atoms with Gasteiger partial charge in [-0.1, -0.05) is 51.7 Å². The van der Waals surface area contributed by atoms with Gasteiger partial charge in [-0.25, -0.2) is 0 Å². The lowest BCUT2D eigenvalue weighted by Gasteiger charge is -2.34. The molecule has 2 heteroatoms. The first-order valence-electron chi connectivity index (χ1n) is 8.51. The molecule has 1 aromatic rings. The molecule has 0 unspecified atom stereocenters. The summed E-state index contributed by atoms with van der Waals surface area (Å²) in [5, 5.41) is 3.72. The molecule has 1 N–H and O–H groups in total. The highest BCUT2D eigenvalue weighted by Crippen LogP contribution is 2.38. The maximum absolute atomic E-state index is 5.31. The normalized spacial score (nSPS) is 18.5. The Labute approximate surface area is 130 Å². The SMILES string of the molecule is COc1ccc(C2(CNCC(C)C)CCCCCC2)cc1. The topological polar surface area (TPSA) is 21.3 Å². The van der Waals surface area contributed by atoms with E-state index < -0.39 is 0 Å². The van der Waals surface area contributed by atoms with Gasteiger partial charge in [-0.2, -0.15) is 0 Å². The molecule has 1 saturated carbocycles. The highest BCUT2D eigenvalue weighted by Gasteiger charge is 2.32. The van der Waals surface area contributed by atoms with E-state index in [2.05, 4.69) is 43.4 Å². The first-order valence-corrected chi connectivity index (χ1v) is 8.51. The van der Waals surface area contributed by atoms with E-state index in [0.717, 1.165) is 18.8 Å². The second-order valence-electron chi connectivity index (χ2n) is 6.95. The molecule has 21 heavy (non-hydrogen) atoms. The quantitative estimate of drug-likeness (QED) is 0.777. The molecule has 1 aromatic carbocycles. The van der Waals surface area contributed by atoms with Crippen LogP contribution >= 0.6 is 0 Å². The van der Waals surface area contributed by atoms with Gasteiger partial charge in [0.05, 0.1) is 7.11 Å². The van der Waals surface area contributed by atoms with Crippen LogP contribution in [0.4, 0.5) is 0 Å². The van der Waals surface area contributed by atoms with Gasteiger partial charge in [0.25, 0.3) is 0 Å². The molecule has 0 atom stereocenters. The number of hydrogen-bond donors (Lipinski definition) is 1. The maximum Gasteiger partial charge on any atom is 0.118 e. The Balaban J connectivity index is 2.16. The molecule has 118 valence electrons. The van der Waals surface area contributed by atoms with Crippen LogP contribution in [0.3, 0.4) is 0 Å². The van der Waals surface area contributed by atoms with E-state index in [-0.39, 0.29) is 0 Å². The molecule has 2 nitrogen and oxygen atoms in total. The number of ether oxygens (including phenoxy) is 1. The van der Waals surface area contributed by atoms with E-state index in [1.54, 1.807) is 7.11 Å². The maximum atomic E-state index is 5.31. The van der Waals surface area contributed by atoms with Crippen molar-refractivity contribution in [3.05, 3.63) is 29.8 Å². The number of hydrogen-bond acceptors (Lipinski definition) is 2. The lowest BCUT2D eigenvalue weighted by molar-refractivity contribution is 0.339. The Hall–Kier alpha value is -1.02. The lowest BCUT2D eigenvalue weighted by Crippen LogP contribution is -2.39. The number of rotatable bonds is 6. The van der Waals surface area contributed by atoms with Crippen LogP contribution in [0.2, 0.25) is 0 Å². The van der Waals surface area contributed by atoms with Gasteiger partial charge in [-0.05, 0) is 43.0 Å². The van der Waals surface area contributed by atoms with Crippen LogP contribution in [0.25, 0.3) is 0 Å². The largest absolute Gasteiger partial charge is 0.497 e. The van der Waals surface area contributed by atoms with Crippen LogP contribution in [0.5, 0.6) is 5.75 Å². The van der Waals surface area contributed by atoms with Gasteiger partial charge in [-0.3, -0.25) is 0 Å². The third-order valence-electron chi connectivity index (χ3n) is 4.78. The average Bonchev–Trinajstić information content (AvgIpc) is 2.74. The fraction of sp³-hybridized carbons (Fsp3) is 0.684. The van der Waals surface area contributed by atoms with E-state index >= 15 is 0 Å². The van der Waals surface area contributed by atoms with E-state index in [4.69, 9.17) is 4.74 Å². The molecule has 0 spiro atoms. The van der Waals surface area contributed by atoms with Crippen molar-refractivity contribution in [3.8, 4) is 5.75 Å². The molecule has 1 aliphatic rings. The molecule has 0 bridgehead atoms. The van der Waals surface area contributed by atoms with Crippen LogP contribution < -0.4 is 10.1 Å². The van der Waals surface area contributed by atoms with Crippen molar-refractivity contribution >= 4 is 0 Å². The van der Waals surface area contributed by atoms with E-state index in [0.29, 0.717) is 11.3 Å². The van der Waals surface area contributed by atoms with Crippen molar-refractivity contribution in [2.24, 2.45) is 5.92 Å². The van der Waals surface area contributed by atoms with Crippen LogP contribution in [-0.2, 0) is 5.41 Å². The zero-order valence-electron chi connectivity index (χ0n) is 14.0. The second-order valence-corrected chi connectivity index (χ2v) is 6.95. The Morgan fingerprint density at radius 3 is 2.19 bits per heavy atom. The highest BCUT2D eigenvalue weighted by atomic mass is 16.5. The summed E-state index contributed by atoms with van der Waals surface area (Å²) in [6.45, 7) is 6.77. The van der Waals surface area contributed by atoms with Crippen molar-refractivity contribution < 1.29 is 4.74 Å². The first kappa shape index (κ1) is 16.4. The van der Waals surface area contributed by atoms with Crippen LogP contribution in [0.15, 0.2) is 24.3 Å². The lowest BCUT2D eigenvalue weighted by atomic mass is 9.74. The van der Waals surface area contributed by atoms with Gasteiger partial charge < -0.3 is 10.1 Å². The first-order chi connectivity index (χ1) is 10.2. The molecule has 1 aliphatic carbocycles. The zero-order chi connectivity index (χ0) is 15.1. The third-order valence-corrected chi connectivity index (χ3v) is 4.78. The van der Waals surface area contributed by atoms with E-state index in [1.807, 2.05) is 0 Å². The summed E-state index contributed by atoms with van der Waals surface area (Å²) in [4.78, 5) is 0. The molecular weight excluding hydrogens is 258 g/mol. The second kappa shape index (κ2) is 7.84. The van der Waals surface area contributed by atoms with Crippen molar-refractivity contribution in [2.75, 3.05) is 20.2 Å². The Morgan fingerprint density at radius 2 is 1.67 bits per heavy atom. The van der Waals surface area contributed by atoms with Crippen LogP contribution in [-0.4, -0.2) is 20.2 Å². The number of nitrogens with one attached hydrogen (secondary N) is 1. The van der Waals surface area contributed by atoms with Gasteiger partial charge in [0.15, 0.2) is 0 Å². The van der Waals surface area contributed by atoms with Gasteiger partial charge in [0.1, 0.15) is 5.75 Å². The molecular formula is C19H31NO. The summed E-state index contributed by atoms with van der Waals surface area (Å²) in [5.74, 6) is 1.67. The van der Waals surface area contributed by atoms with Gasteiger partial charge in [-0.15, -0.1) is 0 Å². The predicted octanol–water partition coefficient (Wildman–Crippen LogP) is 4.53. The van der Waals surface area contributed by atoms with Crippen molar-refractivity contribution in [3.63, 3.8) is 0 Å². The summed E-state index contributed by atoms with van der Waals surface area (Å²) in [7, 11) is 1.74. The molecule has 0 aromatic heterocycles. The Bertz CT molecular complexity index is 402. The zero-order valence-corrected chi connectivity index (χ0v) is 14.0. The van der Waals surface area contributed by atoms with E-state index in [9.17, 15) is 0 Å². The molecule has 0 saturated heterocycles.